The summed E-state index contributed by atoms with van der Waals surface area (Å²) in [4.78, 5) is 16.5. The number of carbonyl (C=O) groups is 1. The Morgan fingerprint density at radius 2 is 2.32 bits per heavy atom. The first-order valence-corrected chi connectivity index (χ1v) is 10.2. The minimum absolute atomic E-state index is 0.0879. The summed E-state index contributed by atoms with van der Waals surface area (Å²) in [7, 11) is -3.96. The third-order valence-corrected chi connectivity index (χ3v) is 7.37. The highest BCUT2D eigenvalue weighted by Gasteiger charge is 2.33. The molecular formula is C16H19N3O4S2. The number of carboxylic acid groups (broad SMARTS) is 1. The van der Waals surface area contributed by atoms with Gasteiger partial charge in [-0.2, -0.15) is 0 Å². The normalized spacial score (nSPS) is 15.6. The molecule has 0 radical (unpaired) electrons. The summed E-state index contributed by atoms with van der Waals surface area (Å²) in [6.45, 7) is 3.00. The van der Waals surface area contributed by atoms with Crippen molar-refractivity contribution in [3.63, 3.8) is 0 Å². The topological polar surface area (TPSA) is 108 Å². The van der Waals surface area contributed by atoms with Gasteiger partial charge in [-0.15, -0.1) is 11.3 Å². The quantitative estimate of drug-likeness (QED) is 0.705. The van der Waals surface area contributed by atoms with E-state index >= 15 is 0 Å². The number of hydrogen-bond donors (Lipinski definition) is 3. The Kier molecular flexibility index (Phi) is 5.19. The molecule has 2 aromatic heterocycles. The van der Waals surface area contributed by atoms with Gasteiger partial charge in [-0.1, -0.05) is 13.0 Å². The van der Waals surface area contributed by atoms with Crippen molar-refractivity contribution in [2.24, 2.45) is 0 Å². The molecule has 0 aliphatic carbocycles. The first-order chi connectivity index (χ1) is 11.9. The Morgan fingerprint density at radius 1 is 1.52 bits per heavy atom. The number of thiophene rings is 1. The number of fused-ring (bicyclic) bond motifs is 1. The monoisotopic (exact) mass is 381 g/mol. The maximum atomic E-state index is 12.9. The fourth-order valence-corrected chi connectivity index (χ4v) is 6.11. The number of nitrogens with one attached hydrogen (secondary N) is 2. The van der Waals surface area contributed by atoms with Gasteiger partial charge in [0.25, 0.3) is 10.0 Å². The number of hydrogen-bond acceptors (Lipinski definition) is 6. The lowest BCUT2D eigenvalue weighted by Crippen LogP contribution is -2.29. The third-order valence-electron chi connectivity index (χ3n) is 4.15. The van der Waals surface area contributed by atoms with Crippen LogP contribution in [-0.4, -0.2) is 31.0 Å². The number of sulfonamides is 1. The Hall–Kier alpha value is -1.81. The van der Waals surface area contributed by atoms with E-state index in [4.69, 9.17) is 0 Å². The molecule has 1 aliphatic heterocycles. The molecule has 0 saturated carbocycles. The zero-order valence-electron chi connectivity index (χ0n) is 13.7. The van der Waals surface area contributed by atoms with Gasteiger partial charge < -0.3 is 10.4 Å². The van der Waals surface area contributed by atoms with Crippen LogP contribution >= 0.6 is 11.3 Å². The number of pyridine rings is 1. The molecule has 0 aromatic carbocycles. The lowest BCUT2D eigenvalue weighted by molar-refractivity contribution is 0.0692. The van der Waals surface area contributed by atoms with E-state index in [1.54, 1.807) is 24.5 Å². The van der Waals surface area contributed by atoms with Crippen molar-refractivity contribution in [1.29, 1.82) is 0 Å². The number of nitrogens with zero attached hydrogens (tertiary/aromatic N) is 1. The molecule has 3 rings (SSSR count). The van der Waals surface area contributed by atoms with E-state index in [9.17, 15) is 18.3 Å². The van der Waals surface area contributed by atoms with Crippen LogP contribution in [0.3, 0.4) is 0 Å². The molecular weight excluding hydrogens is 362 g/mol. The smallest absolute Gasteiger partial charge is 0.338 e. The van der Waals surface area contributed by atoms with Crippen molar-refractivity contribution >= 4 is 27.3 Å². The van der Waals surface area contributed by atoms with E-state index in [1.807, 2.05) is 6.92 Å². The molecule has 7 nitrogen and oxygen atoms in total. The molecule has 0 saturated heterocycles. The Bertz CT molecular complexity index is 878. The van der Waals surface area contributed by atoms with Gasteiger partial charge in [-0.25, -0.2) is 17.9 Å². The van der Waals surface area contributed by atoms with Gasteiger partial charge in [0.2, 0.25) is 0 Å². The summed E-state index contributed by atoms with van der Waals surface area (Å²) in [5.41, 5.74) is 1.29. The van der Waals surface area contributed by atoms with Crippen molar-refractivity contribution < 1.29 is 18.3 Å². The van der Waals surface area contributed by atoms with E-state index in [0.29, 0.717) is 31.5 Å². The zero-order valence-corrected chi connectivity index (χ0v) is 15.3. The molecule has 2 aromatic rings. The van der Waals surface area contributed by atoms with Gasteiger partial charge in [0.15, 0.2) is 0 Å². The molecule has 1 aliphatic rings. The molecule has 3 N–H and O–H groups in total. The second-order valence-electron chi connectivity index (χ2n) is 5.77. The predicted octanol–water partition coefficient (Wildman–Crippen LogP) is 1.92. The lowest BCUT2D eigenvalue weighted by atomic mass is 10.1. The molecule has 1 unspecified atom stereocenters. The van der Waals surface area contributed by atoms with Crippen molar-refractivity contribution in [3.05, 3.63) is 46.1 Å². The lowest BCUT2D eigenvalue weighted by Gasteiger charge is -2.17. The molecule has 0 bridgehead atoms. The van der Waals surface area contributed by atoms with Crippen LogP contribution < -0.4 is 10.0 Å². The second kappa shape index (κ2) is 7.20. The van der Waals surface area contributed by atoms with E-state index < -0.39 is 22.0 Å². The van der Waals surface area contributed by atoms with Crippen LogP contribution in [-0.2, 0) is 23.0 Å². The Morgan fingerprint density at radius 3 is 2.96 bits per heavy atom. The highest BCUT2D eigenvalue weighted by molar-refractivity contribution is 7.91. The van der Waals surface area contributed by atoms with Gasteiger partial charge in [-0.3, -0.25) is 4.98 Å². The minimum Gasteiger partial charge on any atom is -0.478 e. The van der Waals surface area contributed by atoms with E-state index in [2.05, 4.69) is 15.0 Å². The molecule has 0 fully saturated rings. The average Bonchev–Trinajstić information content (AvgIpc) is 3.01. The van der Waals surface area contributed by atoms with Crippen molar-refractivity contribution in [2.75, 3.05) is 6.54 Å². The summed E-state index contributed by atoms with van der Waals surface area (Å²) < 4.78 is 28.4. The number of carboxylic acids is 1. The van der Waals surface area contributed by atoms with E-state index in [0.717, 1.165) is 21.8 Å². The second-order valence-corrected chi connectivity index (χ2v) is 8.78. The number of aromatic nitrogens is 1. The van der Waals surface area contributed by atoms with Crippen LogP contribution in [0, 0.1) is 0 Å². The number of rotatable bonds is 6. The van der Waals surface area contributed by atoms with Crippen molar-refractivity contribution in [3.8, 4) is 0 Å². The maximum absolute atomic E-state index is 12.9. The highest BCUT2D eigenvalue weighted by Crippen LogP contribution is 2.35. The SMILES string of the molecule is CCC(NS(=O)(=O)c1sc2c(c1C(=O)O)CCNC2)c1cccnc1. The van der Waals surface area contributed by atoms with Crippen LogP contribution in [0.25, 0.3) is 0 Å². The average molecular weight is 381 g/mol. The van der Waals surface area contributed by atoms with Gasteiger partial charge >= 0.3 is 5.97 Å². The maximum Gasteiger partial charge on any atom is 0.338 e. The van der Waals surface area contributed by atoms with Gasteiger partial charge in [-0.05, 0) is 36.6 Å². The highest BCUT2D eigenvalue weighted by atomic mass is 32.2. The standard InChI is InChI=1S/C16H19N3O4S2/c1-2-12(10-4-3-6-17-8-10)19-25(22,23)16-14(15(20)21)11-5-7-18-9-13(11)24-16/h3-4,6,8,12,18-19H,2,5,7,9H2,1H3,(H,20,21). The van der Waals surface area contributed by atoms with E-state index in [-0.39, 0.29) is 9.77 Å². The fraction of sp³-hybridized carbons (Fsp3) is 0.375. The molecule has 9 heteroatoms. The molecule has 0 spiro atoms. The number of aromatic carboxylic acids is 1. The van der Waals surface area contributed by atoms with Crippen LogP contribution in [0.4, 0.5) is 0 Å². The van der Waals surface area contributed by atoms with Crippen LogP contribution in [0.5, 0.6) is 0 Å². The molecule has 3 heterocycles. The molecule has 25 heavy (non-hydrogen) atoms. The van der Waals surface area contributed by atoms with Crippen molar-refractivity contribution in [2.45, 2.75) is 36.6 Å². The van der Waals surface area contributed by atoms with Gasteiger partial charge in [0.05, 0.1) is 5.56 Å². The van der Waals surface area contributed by atoms with Crippen LogP contribution in [0.1, 0.15) is 45.7 Å². The summed E-state index contributed by atoms with van der Waals surface area (Å²) in [5.74, 6) is -1.20. The summed E-state index contributed by atoms with van der Waals surface area (Å²) in [5, 5.41) is 12.7. The van der Waals surface area contributed by atoms with Crippen LogP contribution in [0.15, 0.2) is 28.7 Å². The molecule has 134 valence electrons. The molecule has 1 atom stereocenters. The van der Waals surface area contributed by atoms with Gasteiger partial charge in [0.1, 0.15) is 4.21 Å². The minimum atomic E-state index is -3.96. The van der Waals surface area contributed by atoms with E-state index in [1.165, 1.54) is 0 Å². The first-order valence-electron chi connectivity index (χ1n) is 7.94. The Balaban J connectivity index is 2.00. The van der Waals surface area contributed by atoms with Crippen molar-refractivity contribution in [1.82, 2.24) is 15.0 Å². The summed E-state index contributed by atoms with van der Waals surface area (Å²) in [6.07, 6.45) is 4.27. The first kappa shape index (κ1) is 18.0. The fourth-order valence-electron chi connectivity index (χ4n) is 2.93. The Labute approximate surface area is 150 Å². The largest absolute Gasteiger partial charge is 0.478 e. The van der Waals surface area contributed by atoms with Crippen LogP contribution in [0.2, 0.25) is 0 Å². The molecule has 0 amide bonds. The van der Waals surface area contributed by atoms with Gasteiger partial charge in [0, 0.05) is 29.9 Å². The predicted molar refractivity (Wildman–Crippen MR) is 94.3 cm³/mol. The summed E-state index contributed by atoms with van der Waals surface area (Å²) in [6, 6.07) is 3.08. The summed E-state index contributed by atoms with van der Waals surface area (Å²) >= 11 is 1.04. The zero-order chi connectivity index (χ0) is 18.0. The third kappa shape index (κ3) is 3.59.